The van der Waals surface area contributed by atoms with Gasteiger partial charge in [0.25, 0.3) is 0 Å². The Labute approximate surface area is 166 Å². The van der Waals surface area contributed by atoms with Crippen LogP contribution in [0.3, 0.4) is 0 Å². The molecule has 2 fully saturated rings. The Hall–Kier alpha value is -0.760. The summed E-state index contributed by atoms with van der Waals surface area (Å²) in [6.45, 7) is 10.3. The number of morpholine rings is 1. The average Bonchev–Trinajstić information content (AvgIpc) is 3.19. The highest BCUT2D eigenvalue weighted by atomic mass is 32.2. The molecule has 0 aliphatic carbocycles. The molecule has 3 heterocycles. The molecule has 5 nitrogen and oxygen atoms in total. The third-order valence-electron chi connectivity index (χ3n) is 5.14. The molecule has 7 heteroatoms. The van der Waals surface area contributed by atoms with E-state index < -0.39 is 0 Å². The van der Waals surface area contributed by atoms with E-state index in [1.54, 1.807) is 0 Å². The molecule has 1 aromatic rings. The highest BCUT2D eigenvalue weighted by Gasteiger charge is 2.28. The summed E-state index contributed by atoms with van der Waals surface area (Å²) >= 11 is 3.94. The summed E-state index contributed by atoms with van der Waals surface area (Å²) < 4.78 is 5.75. The highest BCUT2D eigenvalue weighted by Crippen LogP contribution is 2.27. The average molecular weight is 397 g/mol. The molecule has 0 radical (unpaired) electrons. The van der Waals surface area contributed by atoms with E-state index in [9.17, 15) is 0 Å². The predicted octanol–water partition coefficient (Wildman–Crippen LogP) is 2.91. The van der Waals surface area contributed by atoms with Crippen molar-refractivity contribution >= 4 is 29.1 Å². The van der Waals surface area contributed by atoms with Crippen LogP contribution in [0, 0.1) is 0 Å². The van der Waals surface area contributed by atoms with E-state index in [1.165, 1.54) is 17.1 Å². The first kappa shape index (κ1) is 20.0. The van der Waals surface area contributed by atoms with Crippen LogP contribution in [0.25, 0.3) is 0 Å². The molecule has 2 aliphatic heterocycles. The van der Waals surface area contributed by atoms with Crippen molar-refractivity contribution in [2.24, 2.45) is 4.99 Å². The van der Waals surface area contributed by atoms with Crippen molar-refractivity contribution in [3.63, 3.8) is 0 Å². The molecule has 3 rings (SSSR count). The molecular formula is C19H32N4OS2. The third-order valence-corrected chi connectivity index (χ3v) is 7.49. The minimum absolute atomic E-state index is 0.301. The Morgan fingerprint density at radius 2 is 2.31 bits per heavy atom. The topological polar surface area (TPSA) is 40.1 Å². The minimum atomic E-state index is 0.301. The van der Waals surface area contributed by atoms with Crippen molar-refractivity contribution in [3.05, 3.63) is 22.4 Å². The molecule has 2 saturated heterocycles. The van der Waals surface area contributed by atoms with E-state index in [2.05, 4.69) is 63.2 Å². The number of hydrogen-bond acceptors (Lipinski definition) is 5. The van der Waals surface area contributed by atoms with Gasteiger partial charge in [0.15, 0.2) is 5.96 Å². The Morgan fingerprint density at radius 3 is 3.00 bits per heavy atom. The van der Waals surface area contributed by atoms with E-state index >= 15 is 0 Å². The fourth-order valence-electron chi connectivity index (χ4n) is 3.70. The maximum Gasteiger partial charge on any atom is 0.193 e. The number of thioether (sulfide) groups is 1. The van der Waals surface area contributed by atoms with Crippen molar-refractivity contribution in [2.75, 3.05) is 52.1 Å². The summed E-state index contributed by atoms with van der Waals surface area (Å²) in [4.78, 5) is 11.0. The predicted molar refractivity (Wildman–Crippen MR) is 114 cm³/mol. The molecule has 1 aromatic heterocycles. The van der Waals surface area contributed by atoms with Gasteiger partial charge in [0, 0.05) is 55.7 Å². The van der Waals surface area contributed by atoms with E-state index in [0.29, 0.717) is 12.1 Å². The second kappa shape index (κ2) is 9.97. The van der Waals surface area contributed by atoms with Gasteiger partial charge in [-0.25, -0.2) is 0 Å². The van der Waals surface area contributed by atoms with Crippen molar-refractivity contribution in [1.82, 2.24) is 15.1 Å². The lowest BCUT2D eigenvalue weighted by Crippen LogP contribution is -2.51. The largest absolute Gasteiger partial charge is 0.376 e. The first-order valence-electron chi connectivity index (χ1n) is 9.67. The molecule has 0 amide bonds. The monoisotopic (exact) mass is 396 g/mol. The molecule has 0 bridgehead atoms. The van der Waals surface area contributed by atoms with Gasteiger partial charge in [-0.2, -0.15) is 11.8 Å². The van der Waals surface area contributed by atoms with Crippen molar-refractivity contribution in [2.45, 2.75) is 37.7 Å². The Balaban J connectivity index is 1.64. The van der Waals surface area contributed by atoms with Crippen LogP contribution in [0.1, 0.15) is 31.2 Å². The van der Waals surface area contributed by atoms with Crippen LogP contribution in [-0.2, 0) is 4.74 Å². The number of aliphatic imine (C=N–C) groups is 1. The number of rotatable bonds is 5. The number of guanidine groups is 1. The Morgan fingerprint density at radius 1 is 1.42 bits per heavy atom. The summed E-state index contributed by atoms with van der Waals surface area (Å²) in [5.41, 5.74) is 0. The Kier molecular flexibility index (Phi) is 7.66. The first-order valence-corrected chi connectivity index (χ1v) is 11.6. The fourth-order valence-corrected chi connectivity index (χ4v) is 5.74. The summed E-state index contributed by atoms with van der Waals surface area (Å²) in [6, 6.07) is 4.78. The highest BCUT2D eigenvalue weighted by molar-refractivity contribution is 8.00. The third kappa shape index (κ3) is 5.15. The molecule has 1 N–H and O–H groups in total. The second-order valence-electron chi connectivity index (χ2n) is 6.98. The van der Waals surface area contributed by atoms with Gasteiger partial charge in [-0.1, -0.05) is 13.0 Å². The van der Waals surface area contributed by atoms with Gasteiger partial charge < -0.3 is 15.0 Å². The molecule has 146 valence electrons. The number of ether oxygens (including phenoxy) is 1. The maximum absolute atomic E-state index is 5.75. The van der Waals surface area contributed by atoms with Gasteiger partial charge in [0.05, 0.1) is 18.8 Å². The van der Waals surface area contributed by atoms with Crippen molar-refractivity contribution in [3.8, 4) is 0 Å². The van der Waals surface area contributed by atoms with Crippen LogP contribution in [-0.4, -0.2) is 79.2 Å². The zero-order chi connectivity index (χ0) is 18.4. The molecule has 0 spiro atoms. The number of hydrogen-bond donors (Lipinski definition) is 1. The Bertz CT molecular complexity index is 566. The SMILES string of the molecule is CCC1CN(C(=NC)NCC(c2cccs2)N2CCOC(C)C2)CCS1. The smallest absolute Gasteiger partial charge is 0.193 e. The zero-order valence-corrected chi connectivity index (χ0v) is 17.8. The molecule has 0 saturated carbocycles. The van der Waals surface area contributed by atoms with Gasteiger partial charge in [-0.15, -0.1) is 11.3 Å². The molecular weight excluding hydrogens is 364 g/mol. The van der Waals surface area contributed by atoms with Crippen molar-refractivity contribution < 1.29 is 4.74 Å². The fraction of sp³-hybridized carbons (Fsp3) is 0.737. The lowest BCUT2D eigenvalue weighted by molar-refractivity contribution is -0.0334. The lowest BCUT2D eigenvalue weighted by Gasteiger charge is -2.38. The lowest BCUT2D eigenvalue weighted by atomic mass is 10.1. The second-order valence-corrected chi connectivity index (χ2v) is 9.37. The molecule has 26 heavy (non-hydrogen) atoms. The van der Waals surface area contributed by atoms with Crippen LogP contribution >= 0.6 is 23.1 Å². The standard InChI is InChI=1S/C19H32N4OS2/c1-4-16-14-23(8-11-25-16)19(20-3)21-12-17(18-6-5-10-26-18)22-7-9-24-15(2)13-22/h5-6,10,15-17H,4,7-9,11-14H2,1-3H3,(H,20,21). The summed E-state index contributed by atoms with van der Waals surface area (Å²) in [5.74, 6) is 2.24. The molecule has 2 aliphatic rings. The van der Waals surface area contributed by atoms with E-state index in [4.69, 9.17) is 4.74 Å². The number of nitrogens with one attached hydrogen (secondary N) is 1. The number of nitrogens with zero attached hydrogens (tertiary/aromatic N) is 3. The van der Waals surface area contributed by atoms with Gasteiger partial charge in [-0.05, 0) is 24.8 Å². The van der Waals surface area contributed by atoms with Crippen LogP contribution < -0.4 is 5.32 Å². The maximum atomic E-state index is 5.75. The van der Waals surface area contributed by atoms with Gasteiger partial charge in [0.1, 0.15) is 0 Å². The van der Waals surface area contributed by atoms with Crippen LogP contribution in [0.4, 0.5) is 0 Å². The number of thiophene rings is 1. The quantitative estimate of drug-likeness (QED) is 0.612. The normalized spacial score (nSPS) is 26.7. The van der Waals surface area contributed by atoms with Crippen molar-refractivity contribution in [1.29, 1.82) is 0 Å². The van der Waals surface area contributed by atoms with Gasteiger partial charge >= 0.3 is 0 Å². The summed E-state index contributed by atoms with van der Waals surface area (Å²) in [5, 5.41) is 6.57. The summed E-state index contributed by atoms with van der Waals surface area (Å²) in [7, 11) is 1.90. The minimum Gasteiger partial charge on any atom is -0.376 e. The van der Waals surface area contributed by atoms with Gasteiger partial charge in [-0.3, -0.25) is 9.89 Å². The van der Waals surface area contributed by atoms with Crippen LogP contribution in [0.5, 0.6) is 0 Å². The van der Waals surface area contributed by atoms with Crippen LogP contribution in [0.15, 0.2) is 22.5 Å². The molecule has 3 atom stereocenters. The zero-order valence-electron chi connectivity index (χ0n) is 16.2. The molecule has 3 unspecified atom stereocenters. The van der Waals surface area contributed by atoms with E-state index in [0.717, 1.165) is 50.5 Å². The van der Waals surface area contributed by atoms with Crippen LogP contribution in [0.2, 0.25) is 0 Å². The molecule has 0 aromatic carbocycles. The summed E-state index contributed by atoms with van der Waals surface area (Å²) in [6.07, 6.45) is 1.52. The van der Waals surface area contributed by atoms with E-state index in [-0.39, 0.29) is 0 Å². The van der Waals surface area contributed by atoms with E-state index in [1.807, 2.05) is 18.4 Å². The first-order chi connectivity index (χ1) is 12.7. The van der Waals surface area contributed by atoms with Gasteiger partial charge in [0.2, 0.25) is 0 Å².